The van der Waals surface area contributed by atoms with E-state index in [-0.39, 0.29) is 6.03 Å². The number of hydrogen-bond acceptors (Lipinski definition) is 3. The summed E-state index contributed by atoms with van der Waals surface area (Å²) >= 11 is 0. The van der Waals surface area contributed by atoms with Crippen molar-refractivity contribution in [2.75, 3.05) is 40.5 Å². The average Bonchev–Trinajstić information content (AvgIpc) is 2.97. The first kappa shape index (κ1) is 14.7. The summed E-state index contributed by atoms with van der Waals surface area (Å²) in [7, 11) is 3.29. The molecular formula is C15H22N2O3. The molecular weight excluding hydrogens is 256 g/mol. The molecule has 1 saturated heterocycles. The summed E-state index contributed by atoms with van der Waals surface area (Å²) in [4.78, 5) is 13.8. The number of likely N-dealkylation sites (tertiary alicyclic amines) is 1. The van der Waals surface area contributed by atoms with Crippen molar-refractivity contribution in [1.82, 2.24) is 10.2 Å². The molecule has 1 aromatic rings. The summed E-state index contributed by atoms with van der Waals surface area (Å²) in [5.74, 6) is 1.27. The first-order chi connectivity index (χ1) is 9.74. The first-order valence-electron chi connectivity index (χ1n) is 6.90. The van der Waals surface area contributed by atoms with Gasteiger partial charge in [-0.15, -0.1) is 0 Å². The van der Waals surface area contributed by atoms with Crippen molar-refractivity contribution in [3.8, 4) is 5.75 Å². The Bertz CT molecular complexity index is 433. The zero-order valence-electron chi connectivity index (χ0n) is 12.1. The zero-order chi connectivity index (χ0) is 14.4. The molecule has 1 atom stereocenters. The minimum Gasteiger partial charge on any atom is -0.497 e. The van der Waals surface area contributed by atoms with E-state index < -0.39 is 0 Å². The molecule has 1 N–H and O–H groups in total. The number of amides is 2. The third kappa shape index (κ3) is 3.63. The average molecular weight is 278 g/mol. The smallest absolute Gasteiger partial charge is 0.317 e. The predicted octanol–water partition coefficient (Wildman–Crippen LogP) is 1.84. The highest BCUT2D eigenvalue weighted by Gasteiger charge is 2.26. The van der Waals surface area contributed by atoms with Gasteiger partial charge in [0.05, 0.1) is 13.7 Å². The lowest BCUT2D eigenvalue weighted by Crippen LogP contribution is -2.39. The van der Waals surface area contributed by atoms with Crippen molar-refractivity contribution in [2.24, 2.45) is 0 Å². The van der Waals surface area contributed by atoms with E-state index in [4.69, 9.17) is 9.47 Å². The van der Waals surface area contributed by atoms with Gasteiger partial charge in [0.2, 0.25) is 0 Å². The van der Waals surface area contributed by atoms with E-state index in [1.54, 1.807) is 14.2 Å². The van der Waals surface area contributed by atoms with E-state index in [0.717, 1.165) is 25.3 Å². The van der Waals surface area contributed by atoms with Crippen LogP contribution in [0.15, 0.2) is 24.3 Å². The predicted molar refractivity (Wildman–Crippen MR) is 77.2 cm³/mol. The Labute approximate surface area is 119 Å². The van der Waals surface area contributed by atoms with Crippen molar-refractivity contribution in [3.63, 3.8) is 0 Å². The van der Waals surface area contributed by atoms with Crippen LogP contribution in [0.2, 0.25) is 0 Å². The van der Waals surface area contributed by atoms with Crippen LogP contribution in [0.3, 0.4) is 0 Å². The number of nitrogens with zero attached hydrogens (tertiary/aromatic N) is 1. The number of nitrogens with one attached hydrogen (secondary N) is 1. The lowest BCUT2D eigenvalue weighted by atomic mass is 9.98. The van der Waals surface area contributed by atoms with Gasteiger partial charge in [0.25, 0.3) is 0 Å². The van der Waals surface area contributed by atoms with Gasteiger partial charge < -0.3 is 19.7 Å². The van der Waals surface area contributed by atoms with Crippen LogP contribution in [0.4, 0.5) is 4.79 Å². The Balaban J connectivity index is 1.86. The number of hydrogen-bond donors (Lipinski definition) is 1. The molecule has 0 bridgehead atoms. The van der Waals surface area contributed by atoms with E-state index in [2.05, 4.69) is 17.4 Å². The lowest BCUT2D eigenvalue weighted by molar-refractivity contribution is 0.185. The molecule has 0 saturated carbocycles. The van der Waals surface area contributed by atoms with Crippen molar-refractivity contribution in [3.05, 3.63) is 29.8 Å². The largest absolute Gasteiger partial charge is 0.497 e. The molecule has 20 heavy (non-hydrogen) atoms. The summed E-state index contributed by atoms with van der Waals surface area (Å²) in [6, 6.07) is 8.09. The quantitative estimate of drug-likeness (QED) is 0.836. The highest BCUT2D eigenvalue weighted by Crippen LogP contribution is 2.28. The second kappa shape index (κ2) is 7.14. The van der Waals surface area contributed by atoms with E-state index in [9.17, 15) is 4.79 Å². The Kier molecular flexibility index (Phi) is 5.24. The topological polar surface area (TPSA) is 50.8 Å². The molecule has 0 radical (unpaired) electrons. The van der Waals surface area contributed by atoms with E-state index >= 15 is 0 Å². The summed E-state index contributed by atoms with van der Waals surface area (Å²) in [5, 5.41) is 2.86. The van der Waals surface area contributed by atoms with Crippen LogP contribution in [0.25, 0.3) is 0 Å². The van der Waals surface area contributed by atoms with Crippen molar-refractivity contribution in [2.45, 2.75) is 12.3 Å². The molecule has 1 aliphatic heterocycles. The summed E-state index contributed by atoms with van der Waals surface area (Å²) in [5.41, 5.74) is 1.26. The molecule has 1 aliphatic rings. The molecule has 0 unspecified atom stereocenters. The summed E-state index contributed by atoms with van der Waals surface area (Å²) in [6.45, 7) is 2.67. The van der Waals surface area contributed by atoms with Gasteiger partial charge in [-0.3, -0.25) is 0 Å². The Morgan fingerprint density at radius 3 is 2.75 bits per heavy atom. The van der Waals surface area contributed by atoms with Crippen LogP contribution in [0.1, 0.15) is 17.9 Å². The van der Waals surface area contributed by atoms with Crippen LogP contribution in [0, 0.1) is 0 Å². The number of urea groups is 1. The van der Waals surface area contributed by atoms with Gasteiger partial charge in [0.1, 0.15) is 5.75 Å². The van der Waals surface area contributed by atoms with Gasteiger partial charge in [-0.25, -0.2) is 4.79 Å². The van der Waals surface area contributed by atoms with Gasteiger partial charge in [-0.2, -0.15) is 0 Å². The van der Waals surface area contributed by atoms with Crippen LogP contribution < -0.4 is 10.1 Å². The minimum absolute atomic E-state index is 0.00179. The number of benzene rings is 1. The fourth-order valence-corrected chi connectivity index (χ4v) is 2.46. The molecule has 1 heterocycles. The number of ether oxygens (including phenoxy) is 2. The molecule has 1 aromatic carbocycles. The van der Waals surface area contributed by atoms with E-state index in [1.165, 1.54) is 5.56 Å². The molecule has 1 fully saturated rings. The van der Waals surface area contributed by atoms with Crippen molar-refractivity contribution in [1.29, 1.82) is 0 Å². The van der Waals surface area contributed by atoms with Gasteiger partial charge in [-0.1, -0.05) is 12.1 Å². The maximum absolute atomic E-state index is 11.9. The van der Waals surface area contributed by atoms with Crippen LogP contribution in [-0.4, -0.2) is 51.4 Å². The number of rotatable bonds is 5. The van der Waals surface area contributed by atoms with Crippen molar-refractivity contribution < 1.29 is 14.3 Å². The van der Waals surface area contributed by atoms with Gasteiger partial charge >= 0.3 is 6.03 Å². The molecule has 2 rings (SSSR count). The highest BCUT2D eigenvalue weighted by atomic mass is 16.5. The third-order valence-electron chi connectivity index (χ3n) is 3.65. The highest BCUT2D eigenvalue weighted by molar-refractivity contribution is 5.74. The normalized spacial score (nSPS) is 18.1. The maximum Gasteiger partial charge on any atom is 0.317 e. The molecule has 2 amide bonds. The SMILES string of the molecule is COCCNC(=O)N1CC[C@@H](c2ccc(OC)cc2)C1. The Morgan fingerprint density at radius 2 is 2.10 bits per heavy atom. The van der Waals surface area contributed by atoms with E-state index in [0.29, 0.717) is 19.1 Å². The summed E-state index contributed by atoms with van der Waals surface area (Å²) < 4.78 is 10.1. The molecule has 5 nitrogen and oxygen atoms in total. The number of carbonyl (C=O) groups excluding carboxylic acids is 1. The van der Waals surface area contributed by atoms with E-state index in [1.807, 2.05) is 17.0 Å². The standard InChI is InChI=1S/C15H22N2O3/c1-19-10-8-16-15(18)17-9-7-13(11-17)12-3-5-14(20-2)6-4-12/h3-6,13H,7-11H2,1-2H3,(H,16,18)/t13-/m1/s1. The monoisotopic (exact) mass is 278 g/mol. The molecule has 0 aliphatic carbocycles. The molecule has 0 spiro atoms. The minimum atomic E-state index is -0.00179. The van der Waals surface area contributed by atoms with Crippen LogP contribution in [-0.2, 0) is 4.74 Å². The molecule has 110 valence electrons. The molecule has 5 heteroatoms. The maximum atomic E-state index is 11.9. The third-order valence-corrected chi connectivity index (χ3v) is 3.65. The second-order valence-corrected chi connectivity index (χ2v) is 4.93. The Morgan fingerprint density at radius 1 is 1.35 bits per heavy atom. The molecule has 0 aromatic heterocycles. The van der Waals surface area contributed by atoms with Gasteiger partial charge in [0.15, 0.2) is 0 Å². The van der Waals surface area contributed by atoms with Crippen LogP contribution >= 0.6 is 0 Å². The van der Waals surface area contributed by atoms with Gasteiger partial charge in [0, 0.05) is 32.7 Å². The van der Waals surface area contributed by atoms with Gasteiger partial charge in [-0.05, 0) is 24.1 Å². The number of carbonyl (C=O) groups is 1. The fraction of sp³-hybridized carbons (Fsp3) is 0.533. The summed E-state index contributed by atoms with van der Waals surface area (Å²) in [6.07, 6.45) is 1.00. The second-order valence-electron chi connectivity index (χ2n) is 4.93. The Hall–Kier alpha value is -1.75. The number of methoxy groups -OCH3 is 2. The fourth-order valence-electron chi connectivity index (χ4n) is 2.46. The first-order valence-corrected chi connectivity index (χ1v) is 6.90. The van der Waals surface area contributed by atoms with Crippen molar-refractivity contribution >= 4 is 6.03 Å². The lowest BCUT2D eigenvalue weighted by Gasteiger charge is -2.17. The van der Waals surface area contributed by atoms with Crippen LogP contribution in [0.5, 0.6) is 5.75 Å². The zero-order valence-corrected chi connectivity index (χ0v) is 12.1.